The molecule has 6 heteroatoms. The van der Waals surface area contributed by atoms with Crippen molar-refractivity contribution in [2.45, 2.75) is 31.2 Å². The molecule has 1 aromatic heterocycles. The number of nitrogens with zero attached hydrogens (tertiary/aromatic N) is 3. The number of fused-ring (bicyclic) bond motifs is 2. The first-order chi connectivity index (χ1) is 14.7. The molecule has 1 fully saturated rings. The van der Waals surface area contributed by atoms with Gasteiger partial charge in [-0.25, -0.2) is 18.9 Å². The van der Waals surface area contributed by atoms with Gasteiger partial charge in [0.05, 0.1) is 17.0 Å². The van der Waals surface area contributed by atoms with Crippen molar-refractivity contribution in [2.75, 3.05) is 18.0 Å². The van der Waals surface area contributed by atoms with Crippen molar-refractivity contribution in [3.05, 3.63) is 72.1 Å². The monoisotopic (exact) mass is 416 g/mol. The lowest BCUT2D eigenvalue weighted by molar-refractivity contribution is 0.669. The Labute approximate surface area is 178 Å². The van der Waals surface area contributed by atoms with Gasteiger partial charge in [0.2, 0.25) is 0 Å². The van der Waals surface area contributed by atoms with Crippen molar-refractivity contribution in [1.29, 1.82) is 0 Å². The summed E-state index contributed by atoms with van der Waals surface area (Å²) in [5.74, 6) is 1.65. The number of hydrogen-bond acceptors (Lipinski definition) is 4. The highest BCUT2D eigenvalue weighted by Crippen LogP contribution is 2.27. The van der Waals surface area contributed by atoms with E-state index in [1.807, 2.05) is 36.4 Å². The van der Waals surface area contributed by atoms with E-state index >= 15 is 0 Å². The van der Waals surface area contributed by atoms with Crippen molar-refractivity contribution >= 4 is 38.5 Å². The van der Waals surface area contributed by atoms with Crippen molar-refractivity contribution in [3.8, 4) is 0 Å². The average Bonchev–Trinajstić information content (AvgIpc) is 3.31. The average molecular weight is 417 g/mol. The van der Waals surface area contributed by atoms with Crippen LogP contribution < -0.4 is 9.62 Å². The molecule has 0 amide bonds. The molecule has 0 aliphatic carbocycles. The third kappa shape index (κ3) is 3.68. The number of para-hydroxylation sites is 1. The maximum atomic E-state index is 13.1. The van der Waals surface area contributed by atoms with E-state index in [4.69, 9.17) is 9.97 Å². The summed E-state index contributed by atoms with van der Waals surface area (Å²) >= 11 is 0. The maximum Gasteiger partial charge on any atom is 0.146 e. The van der Waals surface area contributed by atoms with Gasteiger partial charge in [0, 0.05) is 18.5 Å². The van der Waals surface area contributed by atoms with E-state index in [2.05, 4.69) is 40.8 Å². The van der Waals surface area contributed by atoms with E-state index in [0.29, 0.717) is 12.4 Å². The molecule has 2 heterocycles. The minimum Gasteiger partial charge on any atom is -0.356 e. The predicted molar refractivity (Wildman–Crippen MR) is 123 cm³/mol. The molecule has 1 aliphatic rings. The lowest BCUT2D eigenvalue weighted by atomic mass is 10.1. The summed E-state index contributed by atoms with van der Waals surface area (Å²) in [5, 5.41) is 3.18. The predicted octanol–water partition coefficient (Wildman–Crippen LogP) is 4.50. The Kier molecular flexibility index (Phi) is 5.19. The first-order valence-corrected chi connectivity index (χ1v) is 11.5. The Hall–Kier alpha value is -2.83. The van der Waals surface area contributed by atoms with Crippen LogP contribution in [0.2, 0.25) is 0 Å². The van der Waals surface area contributed by atoms with E-state index in [1.54, 1.807) is 0 Å². The van der Waals surface area contributed by atoms with Crippen LogP contribution in [-0.2, 0) is 17.5 Å². The van der Waals surface area contributed by atoms with Crippen molar-refractivity contribution in [2.24, 2.45) is 0 Å². The topological polar surface area (TPSA) is 58.1 Å². The summed E-state index contributed by atoms with van der Waals surface area (Å²) in [6.07, 6.45) is 2.38. The van der Waals surface area contributed by atoms with Gasteiger partial charge in [0.25, 0.3) is 0 Å². The van der Waals surface area contributed by atoms with Gasteiger partial charge in [-0.05, 0) is 48.7 Å². The number of aryl methyl sites for hydroxylation is 1. The summed E-state index contributed by atoms with van der Waals surface area (Å²) < 4.78 is 16.2. The van der Waals surface area contributed by atoms with Gasteiger partial charge in [-0.2, -0.15) is 0 Å². The number of rotatable bonds is 5. The fourth-order valence-electron chi connectivity index (χ4n) is 4.10. The lowest BCUT2D eigenvalue weighted by Crippen LogP contribution is -2.23. The molecule has 3 aromatic carbocycles. The highest BCUT2D eigenvalue weighted by Gasteiger charge is 2.18. The van der Waals surface area contributed by atoms with E-state index in [0.717, 1.165) is 45.5 Å². The minimum atomic E-state index is -1.35. The first kappa shape index (κ1) is 19.2. The summed E-state index contributed by atoms with van der Waals surface area (Å²) in [6, 6.07) is 20.3. The number of anilines is 1. The SMILES string of the molecule is Cc1ccc2c(S(=O)NCc3nc(N4CCCC4)c4ccccc4n3)cccc2c1. The zero-order valence-electron chi connectivity index (χ0n) is 17.0. The van der Waals surface area contributed by atoms with Gasteiger partial charge in [0.15, 0.2) is 0 Å². The second-order valence-corrected chi connectivity index (χ2v) is 9.01. The standard InChI is InChI=1S/C24H24N4OS/c1-17-11-12-19-18(15-17)7-6-10-22(19)30(29)25-16-23-26-21-9-3-2-8-20(21)24(27-23)28-13-4-5-14-28/h2-3,6-12,15,25H,4-5,13-14,16H2,1H3. The Morgan fingerprint density at radius 2 is 1.80 bits per heavy atom. The molecule has 0 radical (unpaired) electrons. The molecule has 0 bridgehead atoms. The van der Waals surface area contributed by atoms with E-state index < -0.39 is 11.0 Å². The number of benzene rings is 3. The highest BCUT2D eigenvalue weighted by molar-refractivity contribution is 7.83. The maximum absolute atomic E-state index is 13.1. The molecular formula is C24H24N4OS. The fourth-order valence-corrected chi connectivity index (χ4v) is 5.10. The zero-order chi connectivity index (χ0) is 20.5. The Morgan fingerprint density at radius 1 is 0.967 bits per heavy atom. The summed E-state index contributed by atoms with van der Waals surface area (Å²) in [5.41, 5.74) is 2.12. The smallest absolute Gasteiger partial charge is 0.146 e. The van der Waals surface area contributed by atoms with E-state index in [-0.39, 0.29) is 0 Å². The first-order valence-electron chi connectivity index (χ1n) is 10.3. The quantitative estimate of drug-likeness (QED) is 0.520. The third-order valence-corrected chi connectivity index (χ3v) is 6.75. The van der Waals surface area contributed by atoms with Crippen LogP contribution in [0.1, 0.15) is 24.2 Å². The molecule has 1 N–H and O–H groups in total. The molecule has 1 aliphatic heterocycles. The largest absolute Gasteiger partial charge is 0.356 e. The lowest BCUT2D eigenvalue weighted by Gasteiger charge is -2.19. The molecule has 30 heavy (non-hydrogen) atoms. The zero-order valence-corrected chi connectivity index (χ0v) is 17.8. The Bertz CT molecular complexity index is 1250. The Morgan fingerprint density at radius 3 is 2.67 bits per heavy atom. The highest BCUT2D eigenvalue weighted by atomic mass is 32.2. The molecule has 1 unspecified atom stereocenters. The normalized spacial score (nSPS) is 15.2. The van der Waals surface area contributed by atoms with Crippen LogP contribution in [0.5, 0.6) is 0 Å². The van der Waals surface area contributed by atoms with Crippen LogP contribution in [-0.4, -0.2) is 27.3 Å². The molecular weight excluding hydrogens is 392 g/mol. The summed E-state index contributed by atoms with van der Waals surface area (Å²) in [6.45, 7) is 4.46. The van der Waals surface area contributed by atoms with E-state index in [1.165, 1.54) is 18.4 Å². The van der Waals surface area contributed by atoms with Crippen LogP contribution >= 0.6 is 0 Å². The second-order valence-electron chi connectivity index (χ2n) is 7.75. The molecule has 1 saturated heterocycles. The van der Waals surface area contributed by atoms with Gasteiger partial charge in [0.1, 0.15) is 22.6 Å². The van der Waals surface area contributed by atoms with Crippen molar-refractivity contribution in [3.63, 3.8) is 0 Å². The molecule has 0 saturated carbocycles. The third-order valence-electron chi connectivity index (χ3n) is 5.59. The molecule has 0 spiro atoms. The van der Waals surface area contributed by atoms with Gasteiger partial charge in [-0.15, -0.1) is 0 Å². The number of hydrogen-bond donors (Lipinski definition) is 1. The van der Waals surface area contributed by atoms with Crippen LogP contribution in [0, 0.1) is 6.92 Å². The van der Waals surface area contributed by atoms with Gasteiger partial charge >= 0.3 is 0 Å². The summed E-state index contributed by atoms with van der Waals surface area (Å²) in [4.78, 5) is 12.7. The van der Waals surface area contributed by atoms with Crippen LogP contribution in [0.25, 0.3) is 21.7 Å². The molecule has 1 atom stereocenters. The second kappa shape index (κ2) is 8.13. The molecule has 5 rings (SSSR count). The molecule has 5 nitrogen and oxygen atoms in total. The van der Waals surface area contributed by atoms with Gasteiger partial charge < -0.3 is 4.90 Å². The Balaban J connectivity index is 1.43. The van der Waals surface area contributed by atoms with Crippen molar-refractivity contribution in [1.82, 2.24) is 14.7 Å². The summed E-state index contributed by atoms with van der Waals surface area (Å²) in [7, 11) is -1.35. The van der Waals surface area contributed by atoms with Crippen LogP contribution in [0.15, 0.2) is 65.6 Å². The van der Waals surface area contributed by atoms with Crippen LogP contribution in [0.4, 0.5) is 5.82 Å². The minimum absolute atomic E-state index is 0.348. The van der Waals surface area contributed by atoms with Crippen LogP contribution in [0.3, 0.4) is 0 Å². The van der Waals surface area contributed by atoms with E-state index in [9.17, 15) is 4.21 Å². The van der Waals surface area contributed by atoms with Gasteiger partial charge in [-0.1, -0.05) is 48.0 Å². The molecule has 4 aromatic rings. The fraction of sp³-hybridized carbons (Fsp3) is 0.250. The number of aromatic nitrogens is 2. The molecule has 152 valence electrons. The van der Waals surface area contributed by atoms with Gasteiger partial charge in [-0.3, -0.25) is 0 Å². The number of nitrogens with one attached hydrogen (secondary N) is 1. The van der Waals surface area contributed by atoms with Crippen molar-refractivity contribution < 1.29 is 4.21 Å².